The Bertz CT molecular complexity index is 1040. The number of hydrogen-bond donors (Lipinski definition) is 3. The van der Waals surface area contributed by atoms with Crippen molar-refractivity contribution in [1.82, 2.24) is 15.6 Å². The van der Waals surface area contributed by atoms with Gasteiger partial charge in [0.25, 0.3) is 0 Å². The lowest BCUT2D eigenvalue weighted by Gasteiger charge is -2.23. The van der Waals surface area contributed by atoms with Crippen molar-refractivity contribution >= 4 is 29.0 Å². The van der Waals surface area contributed by atoms with E-state index in [0.29, 0.717) is 18.5 Å². The zero-order chi connectivity index (χ0) is 22.9. The molecule has 0 fully saturated rings. The number of benzene rings is 2. The van der Waals surface area contributed by atoms with E-state index < -0.39 is 12.1 Å². The molecule has 0 aliphatic rings. The number of aryl methyl sites for hydroxylation is 1. The first kappa shape index (κ1) is 23.3. The molecule has 3 aromatic rings. The van der Waals surface area contributed by atoms with Crippen LogP contribution in [-0.4, -0.2) is 30.1 Å². The molecule has 0 spiro atoms. The molecule has 168 valence electrons. The van der Waals surface area contributed by atoms with E-state index in [0.717, 1.165) is 28.2 Å². The number of amides is 2. The van der Waals surface area contributed by atoms with Crippen LogP contribution in [0.1, 0.15) is 34.8 Å². The first-order chi connectivity index (χ1) is 15.5. The van der Waals surface area contributed by atoms with E-state index in [9.17, 15) is 9.59 Å². The highest BCUT2D eigenvalue weighted by atomic mass is 32.1. The van der Waals surface area contributed by atoms with Crippen LogP contribution in [0.15, 0.2) is 60.0 Å². The molecule has 0 bridgehead atoms. The normalized spacial score (nSPS) is 12.6. The lowest BCUT2D eigenvalue weighted by atomic mass is 10.0. The molecule has 0 aliphatic carbocycles. The fraction of sp³-hybridized carbons (Fsp3) is 0.292. The van der Waals surface area contributed by atoms with Crippen LogP contribution >= 0.6 is 11.3 Å². The van der Waals surface area contributed by atoms with E-state index in [4.69, 9.17) is 10.5 Å². The molecule has 2 amide bonds. The highest BCUT2D eigenvalue weighted by Crippen LogP contribution is 2.22. The van der Waals surface area contributed by atoms with Crippen molar-refractivity contribution in [3.05, 3.63) is 81.8 Å². The maximum atomic E-state index is 13.3. The Morgan fingerprint density at radius 1 is 1.06 bits per heavy atom. The molecule has 1 heterocycles. The van der Waals surface area contributed by atoms with Crippen molar-refractivity contribution in [3.63, 3.8) is 0 Å². The number of anilines is 1. The number of carbonyl (C=O) groups excluding carboxylic acids is 2. The minimum atomic E-state index is -0.794. The van der Waals surface area contributed by atoms with Crippen molar-refractivity contribution in [1.29, 1.82) is 0 Å². The zero-order valence-corrected chi connectivity index (χ0v) is 19.0. The summed E-state index contributed by atoms with van der Waals surface area (Å²) in [5.41, 5.74) is 9.31. The molecule has 32 heavy (non-hydrogen) atoms. The summed E-state index contributed by atoms with van der Waals surface area (Å²) in [5, 5.41) is 8.70. The molecule has 0 radical (unpaired) electrons. The van der Waals surface area contributed by atoms with Gasteiger partial charge in [-0.2, -0.15) is 0 Å². The molecule has 4 N–H and O–H groups in total. The van der Waals surface area contributed by atoms with Crippen molar-refractivity contribution in [2.75, 3.05) is 12.8 Å². The number of methoxy groups -OCH3 is 1. The lowest BCUT2D eigenvalue weighted by Crippen LogP contribution is -2.49. The van der Waals surface area contributed by atoms with E-state index in [2.05, 4.69) is 15.6 Å². The van der Waals surface area contributed by atoms with Crippen molar-refractivity contribution in [2.24, 2.45) is 0 Å². The SMILES string of the molecule is CCc1nc([C@H](Cc2cccc(N)c2)NC(=O)C(Cc2ccccc2)NC(=O)OC)cs1. The fourth-order valence-electron chi connectivity index (χ4n) is 3.37. The standard InChI is InChI=1S/C24H28N4O3S/c1-3-22-26-21(15-32-22)19(14-17-10-7-11-18(25)12-17)27-23(29)20(28-24(30)31-2)13-16-8-5-4-6-9-16/h4-12,15,19-20H,3,13-14,25H2,1-2H3,(H,27,29)(H,28,30)/t19-,20?/m0/s1. The Labute approximate surface area is 192 Å². The molecule has 0 aliphatic heterocycles. The first-order valence-electron chi connectivity index (χ1n) is 10.5. The summed E-state index contributed by atoms with van der Waals surface area (Å²) in [4.78, 5) is 29.9. The second-order valence-corrected chi connectivity index (χ2v) is 8.35. The average molecular weight is 453 g/mol. The van der Waals surface area contributed by atoms with E-state index >= 15 is 0 Å². The average Bonchev–Trinajstić information content (AvgIpc) is 3.28. The molecule has 0 saturated heterocycles. The van der Waals surface area contributed by atoms with Crippen LogP contribution in [0.4, 0.5) is 10.5 Å². The van der Waals surface area contributed by atoms with Gasteiger partial charge >= 0.3 is 6.09 Å². The number of nitrogens with zero attached hydrogens (tertiary/aromatic N) is 1. The van der Waals surface area contributed by atoms with Gasteiger partial charge in [0, 0.05) is 17.5 Å². The Kier molecular flexibility index (Phi) is 8.21. The molecule has 0 saturated carbocycles. The van der Waals surface area contributed by atoms with Crippen LogP contribution in [-0.2, 0) is 28.8 Å². The molecule has 2 aromatic carbocycles. The maximum Gasteiger partial charge on any atom is 0.407 e. The molecule has 3 rings (SSSR count). The summed E-state index contributed by atoms with van der Waals surface area (Å²) in [6, 6.07) is 15.9. The van der Waals surface area contributed by atoms with Crippen LogP contribution in [0.5, 0.6) is 0 Å². The molecule has 7 nitrogen and oxygen atoms in total. The Morgan fingerprint density at radius 3 is 2.47 bits per heavy atom. The van der Waals surface area contributed by atoms with Gasteiger partial charge in [-0.3, -0.25) is 4.79 Å². The second kappa shape index (κ2) is 11.3. The van der Waals surface area contributed by atoms with Gasteiger partial charge in [-0.25, -0.2) is 9.78 Å². The predicted octanol–water partition coefficient (Wildman–Crippen LogP) is 3.66. The summed E-state index contributed by atoms with van der Waals surface area (Å²) >= 11 is 1.57. The van der Waals surface area contributed by atoms with Gasteiger partial charge in [0.05, 0.1) is 23.9 Å². The van der Waals surface area contributed by atoms with Crippen LogP contribution in [0, 0.1) is 0 Å². The Hall–Kier alpha value is -3.39. The van der Waals surface area contributed by atoms with E-state index in [1.807, 2.05) is 66.9 Å². The molecule has 2 atom stereocenters. The van der Waals surface area contributed by atoms with E-state index in [-0.39, 0.29) is 11.9 Å². The number of aromatic nitrogens is 1. The van der Waals surface area contributed by atoms with Crippen LogP contribution in [0.2, 0.25) is 0 Å². The lowest BCUT2D eigenvalue weighted by molar-refractivity contribution is -0.123. The summed E-state index contributed by atoms with van der Waals surface area (Å²) in [6.45, 7) is 2.05. The topological polar surface area (TPSA) is 106 Å². The monoisotopic (exact) mass is 452 g/mol. The summed E-state index contributed by atoms with van der Waals surface area (Å²) in [7, 11) is 1.27. The highest BCUT2D eigenvalue weighted by Gasteiger charge is 2.26. The van der Waals surface area contributed by atoms with Crippen LogP contribution in [0.25, 0.3) is 0 Å². The van der Waals surface area contributed by atoms with Gasteiger partial charge in [-0.1, -0.05) is 49.4 Å². The summed E-state index contributed by atoms with van der Waals surface area (Å²) < 4.78 is 4.73. The zero-order valence-electron chi connectivity index (χ0n) is 18.2. The Morgan fingerprint density at radius 2 is 1.81 bits per heavy atom. The third-order valence-electron chi connectivity index (χ3n) is 5.01. The highest BCUT2D eigenvalue weighted by molar-refractivity contribution is 7.09. The molecular formula is C24H28N4O3S. The van der Waals surface area contributed by atoms with Gasteiger partial charge in [-0.05, 0) is 36.1 Å². The minimum absolute atomic E-state index is 0.306. The van der Waals surface area contributed by atoms with Gasteiger partial charge in [0.2, 0.25) is 5.91 Å². The van der Waals surface area contributed by atoms with Crippen LogP contribution in [0.3, 0.4) is 0 Å². The smallest absolute Gasteiger partial charge is 0.407 e. The number of alkyl carbamates (subject to hydrolysis) is 1. The molecule has 1 unspecified atom stereocenters. The third kappa shape index (κ3) is 6.55. The number of ether oxygens (including phenoxy) is 1. The largest absolute Gasteiger partial charge is 0.453 e. The number of carbonyl (C=O) groups is 2. The minimum Gasteiger partial charge on any atom is -0.453 e. The third-order valence-corrected chi connectivity index (χ3v) is 6.02. The first-order valence-corrected chi connectivity index (χ1v) is 11.3. The van der Waals surface area contributed by atoms with Crippen LogP contribution < -0.4 is 16.4 Å². The second-order valence-electron chi connectivity index (χ2n) is 7.41. The van der Waals surface area contributed by atoms with Crippen molar-refractivity contribution < 1.29 is 14.3 Å². The summed E-state index contributed by atoms with van der Waals surface area (Å²) in [6.07, 6.45) is 1.03. The van der Waals surface area contributed by atoms with Gasteiger partial charge < -0.3 is 21.1 Å². The fourth-order valence-corrected chi connectivity index (χ4v) is 4.16. The molecule has 8 heteroatoms. The predicted molar refractivity (Wildman–Crippen MR) is 126 cm³/mol. The number of rotatable bonds is 9. The van der Waals surface area contributed by atoms with Gasteiger partial charge in [0.1, 0.15) is 6.04 Å². The number of nitrogen functional groups attached to an aromatic ring is 1. The quantitative estimate of drug-likeness (QED) is 0.430. The van der Waals surface area contributed by atoms with Gasteiger partial charge in [0.15, 0.2) is 0 Å². The van der Waals surface area contributed by atoms with E-state index in [1.54, 1.807) is 11.3 Å². The van der Waals surface area contributed by atoms with E-state index in [1.165, 1.54) is 7.11 Å². The van der Waals surface area contributed by atoms with Crippen molar-refractivity contribution in [2.45, 2.75) is 38.3 Å². The maximum absolute atomic E-state index is 13.3. The van der Waals surface area contributed by atoms with Crippen molar-refractivity contribution in [3.8, 4) is 0 Å². The number of thiazole rings is 1. The molecular weight excluding hydrogens is 424 g/mol. The number of hydrogen-bond acceptors (Lipinski definition) is 6. The number of nitrogens with two attached hydrogens (primary N) is 1. The summed E-state index contributed by atoms with van der Waals surface area (Å²) in [5.74, 6) is -0.306. The number of nitrogens with one attached hydrogen (secondary N) is 2. The molecule has 1 aromatic heterocycles. The van der Waals surface area contributed by atoms with Gasteiger partial charge in [-0.15, -0.1) is 11.3 Å². The Balaban J connectivity index is 1.83.